The van der Waals surface area contributed by atoms with Crippen molar-refractivity contribution in [3.63, 3.8) is 0 Å². The Kier molecular flexibility index (Phi) is 6.98. The van der Waals surface area contributed by atoms with E-state index in [-0.39, 0.29) is 15.8 Å². The summed E-state index contributed by atoms with van der Waals surface area (Å²) in [6.45, 7) is 4.09. The zero-order valence-electron chi connectivity index (χ0n) is 15.2. The maximum Gasteiger partial charge on any atom is 0.264 e. The lowest BCUT2D eigenvalue weighted by Crippen LogP contribution is -2.43. The fourth-order valence-corrected chi connectivity index (χ4v) is 4.17. The fourth-order valence-electron chi connectivity index (χ4n) is 2.12. The molecule has 0 bridgehead atoms. The van der Waals surface area contributed by atoms with Crippen LogP contribution in [0.4, 0.5) is 0 Å². The quantitative estimate of drug-likeness (QED) is 0.416. The van der Waals surface area contributed by atoms with E-state index in [1.54, 1.807) is 30.3 Å². The molecule has 0 saturated heterocycles. The summed E-state index contributed by atoms with van der Waals surface area (Å²) < 4.78 is 54.7. The molecule has 146 valence electrons. The first-order valence-electron chi connectivity index (χ1n) is 8.46. The van der Waals surface area contributed by atoms with Crippen LogP contribution in [0.1, 0.15) is 25.3 Å². The van der Waals surface area contributed by atoms with Crippen LogP contribution < -0.4 is 9.44 Å². The molecule has 0 amide bonds. The lowest BCUT2D eigenvalue weighted by molar-refractivity contribution is 0.589. The van der Waals surface area contributed by atoms with Crippen molar-refractivity contribution in [2.75, 3.05) is 6.54 Å². The SMILES string of the molecule is CCCCN=C(NS(=O)(=O)c1ccccc1)NS(=O)(=O)c1ccc(C)cc1. The van der Waals surface area contributed by atoms with Gasteiger partial charge in [0.1, 0.15) is 0 Å². The summed E-state index contributed by atoms with van der Waals surface area (Å²) in [7, 11) is -7.94. The number of benzene rings is 2. The summed E-state index contributed by atoms with van der Waals surface area (Å²) in [4.78, 5) is 4.13. The summed E-state index contributed by atoms with van der Waals surface area (Å²) in [5.74, 6) is -0.326. The summed E-state index contributed by atoms with van der Waals surface area (Å²) in [5, 5.41) is 0. The van der Waals surface area contributed by atoms with Gasteiger partial charge in [-0.15, -0.1) is 0 Å². The summed E-state index contributed by atoms with van der Waals surface area (Å²) >= 11 is 0. The Morgan fingerprint density at radius 1 is 0.852 bits per heavy atom. The van der Waals surface area contributed by atoms with Gasteiger partial charge in [0.25, 0.3) is 20.0 Å². The predicted octanol–water partition coefficient (Wildman–Crippen LogP) is 2.41. The van der Waals surface area contributed by atoms with Crippen molar-refractivity contribution in [3.05, 3.63) is 60.2 Å². The van der Waals surface area contributed by atoms with Crippen LogP contribution in [-0.2, 0) is 20.0 Å². The number of nitrogens with one attached hydrogen (secondary N) is 2. The number of hydrogen-bond donors (Lipinski definition) is 2. The van der Waals surface area contributed by atoms with Crippen molar-refractivity contribution in [1.29, 1.82) is 0 Å². The average molecular weight is 410 g/mol. The molecular weight excluding hydrogens is 386 g/mol. The molecule has 27 heavy (non-hydrogen) atoms. The normalized spacial score (nSPS) is 12.6. The Hall–Kier alpha value is -2.39. The van der Waals surface area contributed by atoms with Crippen molar-refractivity contribution in [1.82, 2.24) is 9.44 Å². The smallest absolute Gasteiger partial charge is 0.252 e. The third kappa shape index (κ3) is 6.07. The second-order valence-corrected chi connectivity index (χ2v) is 9.29. The van der Waals surface area contributed by atoms with Gasteiger partial charge >= 0.3 is 0 Å². The minimum atomic E-state index is -3.98. The summed E-state index contributed by atoms with van der Waals surface area (Å²) in [6, 6.07) is 13.9. The number of unbranched alkanes of at least 4 members (excludes halogenated alkanes) is 1. The first-order chi connectivity index (χ1) is 12.7. The molecule has 0 saturated carbocycles. The maximum atomic E-state index is 12.6. The first kappa shape index (κ1) is 20.9. The highest BCUT2D eigenvalue weighted by Crippen LogP contribution is 2.11. The van der Waals surface area contributed by atoms with Crippen LogP contribution in [0.2, 0.25) is 0 Å². The standard InChI is InChI=1S/C18H23N3O4S2/c1-3-4-14-19-18(20-26(22,23)16-8-6-5-7-9-16)21-27(24,25)17-12-10-15(2)11-13-17/h5-13H,3-4,14H2,1-2H3,(H2,19,20,21). The van der Waals surface area contributed by atoms with Crippen LogP contribution in [0.3, 0.4) is 0 Å². The Balaban J connectivity index is 2.29. The van der Waals surface area contributed by atoms with Crippen LogP contribution in [-0.4, -0.2) is 29.3 Å². The van der Waals surface area contributed by atoms with E-state index >= 15 is 0 Å². The molecule has 7 nitrogen and oxygen atoms in total. The van der Waals surface area contributed by atoms with Crippen molar-refractivity contribution >= 4 is 26.0 Å². The molecule has 0 heterocycles. The van der Waals surface area contributed by atoms with E-state index in [1.807, 2.05) is 13.8 Å². The van der Waals surface area contributed by atoms with Gasteiger partial charge in [-0.25, -0.2) is 26.3 Å². The molecule has 0 aromatic heterocycles. The molecule has 0 aliphatic heterocycles. The molecule has 2 aromatic carbocycles. The van der Waals surface area contributed by atoms with Gasteiger partial charge in [0.15, 0.2) is 0 Å². The van der Waals surface area contributed by atoms with Gasteiger partial charge in [-0.3, -0.25) is 4.99 Å². The van der Waals surface area contributed by atoms with Gasteiger partial charge in [0.2, 0.25) is 5.96 Å². The molecule has 0 atom stereocenters. The van der Waals surface area contributed by atoms with E-state index in [9.17, 15) is 16.8 Å². The van der Waals surface area contributed by atoms with Crippen LogP contribution in [0.5, 0.6) is 0 Å². The Bertz CT molecular complexity index is 985. The average Bonchev–Trinajstić information content (AvgIpc) is 2.62. The molecule has 2 aromatic rings. The third-order valence-corrected chi connectivity index (χ3v) is 6.34. The molecular formula is C18H23N3O4S2. The summed E-state index contributed by atoms with van der Waals surface area (Å²) in [6.07, 6.45) is 1.54. The van der Waals surface area contributed by atoms with Crippen LogP contribution in [0.25, 0.3) is 0 Å². The monoisotopic (exact) mass is 409 g/mol. The molecule has 2 N–H and O–H groups in total. The van der Waals surface area contributed by atoms with Crippen molar-refractivity contribution in [2.24, 2.45) is 4.99 Å². The topological polar surface area (TPSA) is 105 Å². The number of guanidine groups is 1. The molecule has 0 spiro atoms. The van der Waals surface area contributed by atoms with E-state index < -0.39 is 20.0 Å². The number of sulfonamides is 2. The second kappa shape index (κ2) is 9.01. The molecule has 0 aliphatic rings. The van der Waals surface area contributed by atoms with Gasteiger partial charge in [-0.1, -0.05) is 49.2 Å². The minimum Gasteiger partial charge on any atom is -0.252 e. The zero-order valence-corrected chi connectivity index (χ0v) is 16.8. The van der Waals surface area contributed by atoms with Crippen molar-refractivity contribution < 1.29 is 16.8 Å². The highest BCUT2D eigenvalue weighted by Gasteiger charge is 2.21. The number of rotatable bonds is 7. The summed E-state index contributed by atoms with van der Waals surface area (Å²) in [5.41, 5.74) is 0.913. The first-order valence-corrected chi connectivity index (χ1v) is 11.4. The van der Waals surface area contributed by atoms with Gasteiger partial charge in [0.05, 0.1) is 9.79 Å². The largest absolute Gasteiger partial charge is 0.264 e. The number of hydrogen-bond acceptors (Lipinski definition) is 5. The van der Waals surface area contributed by atoms with Gasteiger partial charge in [0, 0.05) is 6.54 Å². The fraction of sp³-hybridized carbons (Fsp3) is 0.278. The molecule has 0 unspecified atom stereocenters. The van der Waals surface area contributed by atoms with Crippen LogP contribution >= 0.6 is 0 Å². The molecule has 0 aliphatic carbocycles. The number of aliphatic imine (C=N–C) groups is 1. The van der Waals surface area contributed by atoms with Gasteiger partial charge in [-0.05, 0) is 37.6 Å². The molecule has 9 heteroatoms. The highest BCUT2D eigenvalue weighted by molar-refractivity contribution is 7.91. The van der Waals surface area contributed by atoms with E-state index in [0.717, 1.165) is 12.0 Å². The van der Waals surface area contributed by atoms with E-state index in [0.29, 0.717) is 13.0 Å². The zero-order chi connectivity index (χ0) is 19.9. The second-order valence-electron chi connectivity index (χ2n) is 5.92. The van der Waals surface area contributed by atoms with Crippen molar-refractivity contribution in [3.8, 4) is 0 Å². The molecule has 0 fully saturated rings. The van der Waals surface area contributed by atoms with Gasteiger partial charge in [-0.2, -0.15) is 0 Å². The maximum absolute atomic E-state index is 12.6. The molecule has 2 rings (SSSR count). The number of aryl methyl sites for hydroxylation is 1. The minimum absolute atomic E-state index is 0.0164. The Morgan fingerprint density at radius 2 is 1.37 bits per heavy atom. The highest BCUT2D eigenvalue weighted by atomic mass is 32.2. The van der Waals surface area contributed by atoms with E-state index in [4.69, 9.17) is 0 Å². The number of nitrogens with zero attached hydrogens (tertiary/aromatic N) is 1. The van der Waals surface area contributed by atoms with Crippen molar-refractivity contribution in [2.45, 2.75) is 36.5 Å². The predicted molar refractivity (Wildman–Crippen MR) is 105 cm³/mol. The van der Waals surface area contributed by atoms with Crippen LogP contribution in [0.15, 0.2) is 69.4 Å². The van der Waals surface area contributed by atoms with E-state index in [2.05, 4.69) is 14.4 Å². The van der Waals surface area contributed by atoms with Crippen LogP contribution in [0, 0.1) is 6.92 Å². The van der Waals surface area contributed by atoms with E-state index in [1.165, 1.54) is 24.3 Å². The Labute approximate surface area is 160 Å². The lowest BCUT2D eigenvalue weighted by atomic mass is 10.2. The van der Waals surface area contributed by atoms with Gasteiger partial charge < -0.3 is 0 Å². The lowest BCUT2D eigenvalue weighted by Gasteiger charge is -2.13. The Morgan fingerprint density at radius 3 is 1.89 bits per heavy atom. The third-order valence-electron chi connectivity index (χ3n) is 3.63. The molecule has 0 radical (unpaired) electrons.